The third kappa shape index (κ3) is 2.77. The molecular formula is C14H14N4. The zero-order valence-corrected chi connectivity index (χ0v) is 10.4. The van der Waals surface area contributed by atoms with E-state index in [0.717, 1.165) is 17.2 Å². The van der Waals surface area contributed by atoms with Crippen molar-refractivity contribution in [2.45, 2.75) is 0 Å². The molecule has 0 fully saturated rings. The highest BCUT2D eigenvalue weighted by atomic mass is 15.1. The van der Waals surface area contributed by atoms with Crippen molar-refractivity contribution < 1.29 is 0 Å². The molecule has 0 atom stereocenters. The lowest BCUT2D eigenvalue weighted by Crippen LogP contribution is -2.08. The van der Waals surface area contributed by atoms with Gasteiger partial charge >= 0.3 is 0 Å². The molecule has 0 saturated carbocycles. The van der Waals surface area contributed by atoms with E-state index >= 15 is 0 Å². The van der Waals surface area contributed by atoms with Crippen LogP contribution >= 0.6 is 0 Å². The SMILES string of the molecule is CN(C)c1cccc(Nc2ccc(C#N)cn2)c1. The molecule has 2 aromatic rings. The molecule has 0 radical (unpaired) electrons. The molecule has 0 saturated heterocycles. The number of nitrogens with one attached hydrogen (secondary N) is 1. The molecule has 1 aromatic heterocycles. The van der Waals surface area contributed by atoms with Gasteiger partial charge in [-0.05, 0) is 30.3 Å². The number of anilines is 3. The molecule has 0 unspecified atom stereocenters. The molecule has 4 heteroatoms. The van der Waals surface area contributed by atoms with Gasteiger partial charge in [-0.25, -0.2) is 4.98 Å². The van der Waals surface area contributed by atoms with Gasteiger partial charge in [-0.1, -0.05) is 6.07 Å². The average Bonchev–Trinajstić information content (AvgIpc) is 2.40. The van der Waals surface area contributed by atoms with Crippen LogP contribution in [0.15, 0.2) is 42.6 Å². The summed E-state index contributed by atoms with van der Waals surface area (Å²) in [5.74, 6) is 0.727. The van der Waals surface area contributed by atoms with Crippen molar-refractivity contribution in [1.29, 1.82) is 5.26 Å². The first-order valence-electron chi connectivity index (χ1n) is 5.59. The van der Waals surface area contributed by atoms with Crippen LogP contribution in [0.3, 0.4) is 0 Å². The number of benzene rings is 1. The minimum Gasteiger partial charge on any atom is -0.378 e. The summed E-state index contributed by atoms with van der Waals surface area (Å²) in [6.45, 7) is 0. The lowest BCUT2D eigenvalue weighted by Gasteiger charge is -2.14. The van der Waals surface area contributed by atoms with Crippen molar-refractivity contribution in [3.8, 4) is 6.07 Å². The molecular weight excluding hydrogens is 224 g/mol. The van der Waals surface area contributed by atoms with Crippen LogP contribution in [-0.4, -0.2) is 19.1 Å². The van der Waals surface area contributed by atoms with E-state index in [1.165, 1.54) is 0 Å². The van der Waals surface area contributed by atoms with Gasteiger partial charge in [-0.3, -0.25) is 0 Å². The molecule has 0 aliphatic rings. The van der Waals surface area contributed by atoms with E-state index < -0.39 is 0 Å². The second-order valence-electron chi connectivity index (χ2n) is 4.11. The van der Waals surface area contributed by atoms with Crippen LogP contribution < -0.4 is 10.2 Å². The second-order valence-corrected chi connectivity index (χ2v) is 4.11. The first kappa shape index (κ1) is 11.9. The summed E-state index contributed by atoms with van der Waals surface area (Å²) in [6.07, 6.45) is 1.55. The van der Waals surface area contributed by atoms with Gasteiger partial charge in [0.1, 0.15) is 11.9 Å². The van der Waals surface area contributed by atoms with E-state index in [1.807, 2.05) is 49.3 Å². The monoisotopic (exact) mass is 238 g/mol. The fourth-order valence-corrected chi connectivity index (χ4v) is 1.54. The maximum atomic E-state index is 8.70. The molecule has 1 N–H and O–H groups in total. The van der Waals surface area contributed by atoms with Crippen LogP contribution in [0.4, 0.5) is 17.2 Å². The van der Waals surface area contributed by atoms with Gasteiger partial charge in [0.15, 0.2) is 0 Å². The fourth-order valence-electron chi connectivity index (χ4n) is 1.54. The largest absolute Gasteiger partial charge is 0.378 e. The molecule has 0 bridgehead atoms. The van der Waals surface area contributed by atoms with E-state index in [4.69, 9.17) is 5.26 Å². The van der Waals surface area contributed by atoms with Crippen molar-refractivity contribution in [3.05, 3.63) is 48.2 Å². The van der Waals surface area contributed by atoms with Crippen molar-refractivity contribution in [2.75, 3.05) is 24.3 Å². The van der Waals surface area contributed by atoms with E-state index in [0.29, 0.717) is 5.56 Å². The Labute approximate surface area is 107 Å². The van der Waals surface area contributed by atoms with Crippen LogP contribution in [0, 0.1) is 11.3 Å². The highest BCUT2D eigenvalue weighted by Crippen LogP contribution is 2.20. The Morgan fingerprint density at radius 3 is 2.67 bits per heavy atom. The lowest BCUT2D eigenvalue weighted by molar-refractivity contribution is 1.13. The highest BCUT2D eigenvalue weighted by Gasteiger charge is 1.99. The minimum absolute atomic E-state index is 0.558. The summed E-state index contributed by atoms with van der Waals surface area (Å²) in [6, 6.07) is 13.6. The summed E-state index contributed by atoms with van der Waals surface area (Å²) in [5, 5.41) is 11.9. The lowest BCUT2D eigenvalue weighted by atomic mass is 10.2. The number of rotatable bonds is 3. The van der Waals surface area contributed by atoms with Gasteiger partial charge in [-0.15, -0.1) is 0 Å². The first-order chi connectivity index (χ1) is 8.69. The zero-order chi connectivity index (χ0) is 13.0. The molecule has 1 heterocycles. The molecule has 1 aromatic carbocycles. The van der Waals surface area contributed by atoms with Gasteiger partial charge < -0.3 is 10.2 Å². The van der Waals surface area contributed by atoms with Crippen LogP contribution in [0.1, 0.15) is 5.56 Å². The van der Waals surface area contributed by atoms with Crippen molar-refractivity contribution in [3.63, 3.8) is 0 Å². The van der Waals surface area contributed by atoms with Crippen LogP contribution in [0.5, 0.6) is 0 Å². The van der Waals surface area contributed by atoms with Gasteiger partial charge in [0.25, 0.3) is 0 Å². The predicted octanol–water partition coefficient (Wildman–Crippen LogP) is 2.76. The van der Waals surface area contributed by atoms with E-state index in [9.17, 15) is 0 Å². The van der Waals surface area contributed by atoms with Crippen molar-refractivity contribution >= 4 is 17.2 Å². The fraction of sp³-hybridized carbons (Fsp3) is 0.143. The molecule has 0 aliphatic heterocycles. The third-order valence-electron chi connectivity index (χ3n) is 2.53. The number of hydrogen-bond acceptors (Lipinski definition) is 4. The van der Waals surface area contributed by atoms with E-state index in [2.05, 4.69) is 10.3 Å². The summed E-state index contributed by atoms with van der Waals surface area (Å²) in [7, 11) is 4.00. The number of aromatic nitrogens is 1. The Bertz CT molecular complexity index is 567. The summed E-state index contributed by atoms with van der Waals surface area (Å²) >= 11 is 0. The Balaban J connectivity index is 2.18. The molecule has 0 spiro atoms. The Hall–Kier alpha value is -2.54. The van der Waals surface area contributed by atoms with E-state index in [-0.39, 0.29) is 0 Å². The van der Waals surface area contributed by atoms with Gasteiger partial charge in [0, 0.05) is 31.7 Å². The van der Waals surface area contributed by atoms with Gasteiger partial charge in [0.2, 0.25) is 0 Å². The second kappa shape index (κ2) is 5.19. The summed E-state index contributed by atoms with van der Waals surface area (Å²) in [4.78, 5) is 6.21. The molecule has 0 aliphatic carbocycles. The van der Waals surface area contributed by atoms with Gasteiger partial charge in [0.05, 0.1) is 5.56 Å². The first-order valence-corrected chi connectivity index (χ1v) is 5.59. The Morgan fingerprint density at radius 1 is 1.22 bits per heavy atom. The third-order valence-corrected chi connectivity index (χ3v) is 2.53. The van der Waals surface area contributed by atoms with Crippen molar-refractivity contribution in [2.24, 2.45) is 0 Å². The molecule has 4 nitrogen and oxygen atoms in total. The quantitative estimate of drug-likeness (QED) is 0.893. The normalized spacial score (nSPS) is 9.61. The Kier molecular flexibility index (Phi) is 3.44. The number of nitrogens with zero attached hydrogens (tertiary/aromatic N) is 3. The van der Waals surface area contributed by atoms with Crippen LogP contribution in [0.25, 0.3) is 0 Å². The van der Waals surface area contributed by atoms with Crippen molar-refractivity contribution in [1.82, 2.24) is 4.98 Å². The predicted molar refractivity (Wildman–Crippen MR) is 73.0 cm³/mol. The summed E-state index contributed by atoms with van der Waals surface area (Å²) in [5.41, 5.74) is 2.65. The van der Waals surface area contributed by atoms with E-state index in [1.54, 1.807) is 18.3 Å². The highest BCUT2D eigenvalue weighted by molar-refractivity contribution is 5.63. The topological polar surface area (TPSA) is 52.0 Å². The minimum atomic E-state index is 0.558. The molecule has 0 amide bonds. The summed E-state index contributed by atoms with van der Waals surface area (Å²) < 4.78 is 0. The molecule has 90 valence electrons. The Morgan fingerprint density at radius 2 is 2.06 bits per heavy atom. The maximum absolute atomic E-state index is 8.70. The molecule has 2 rings (SSSR count). The number of nitriles is 1. The standard InChI is InChI=1S/C14H14N4/c1-18(2)13-5-3-4-12(8-13)17-14-7-6-11(9-15)10-16-14/h3-8,10H,1-2H3,(H,16,17). The smallest absolute Gasteiger partial charge is 0.130 e. The van der Waals surface area contributed by atoms with Crippen LogP contribution in [-0.2, 0) is 0 Å². The average molecular weight is 238 g/mol. The number of pyridine rings is 1. The molecule has 18 heavy (non-hydrogen) atoms. The maximum Gasteiger partial charge on any atom is 0.130 e. The number of hydrogen-bond donors (Lipinski definition) is 1. The van der Waals surface area contributed by atoms with Gasteiger partial charge in [-0.2, -0.15) is 5.26 Å². The zero-order valence-electron chi connectivity index (χ0n) is 10.4. The van der Waals surface area contributed by atoms with Crippen LogP contribution in [0.2, 0.25) is 0 Å².